The van der Waals surface area contributed by atoms with Crippen molar-refractivity contribution in [3.8, 4) is 0 Å². The average Bonchev–Trinajstić information content (AvgIpc) is 1.58. The summed E-state index contributed by atoms with van der Waals surface area (Å²) in [6, 6.07) is 0. The maximum atomic E-state index is 11.1. The van der Waals surface area contributed by atoms with Gasteiger partial charge in [-0.2, -0.15) is 0 Å². The Bertz CT molecular complexity index is 100. The molecule has 0 amide bonds. The highest BCUT2D eigenvalue weighted by atomic mass is 35.5. The predicted molar refractivity (Wildman–Crippen MR) is 48.0 cm³/mol. The molecule has 62 valence electrons. The van der Waals surface area contributed by atoms with Crippen molar-refractivity contribution in [3.63, 3.8) is 0 Å². The Morgan fingerprint density at radius 2 is 1.80 bits per heavy atom. The highest BCUT2D eigenvalue weighted by molar-refractivity contribution is 7.85. The van der Waals surface area contributed by atoms with Gasteiger partial charge in [0.05, 0.1) is 0 Å². The molecule has 0 fully saturated rings. The molecule has 3 heteroatoms. The van der Waals surface area contributed by atoms with Crippen molar-refractivity contribution < 1.29 is 4.21 Å². The molecule has 0 saturated heterocycles. The Labute approximate surface area is 70.6 Å². The molecular formula is C7H15ClOS. The van der Waals surface area contributed by atoms with Crippen LogP contribution >= 0.6 is 11.6 Å². The van der Waals surface area contributed by atoms with E-state index < -0.39 is 10.8 Å². The van der Waals surface area contributed by atoms with Crippen LogP contribution in [0, 0.1) is 5.92 Å². The van der Waals surface area contributed by atoms with E-state index in [2.05, 4.69) is 13.8 Å². The van der Waals surface area contributed by atoms with E-state index in [-0.39, 0.29) is 5.38 Å². The van der Waals surface area contributed by atoms with E-state index >= 15 is 0 Å². The van der Waals surface area contributed by atoms with Crippen molar-refractivity contribution in [3.05, 3.63) is 0 Å². The van der Waals surface area contributed by atoms with Gasteiger partial charge >= 0.3 is 0 Å². The summed E-state index contributed by atoms with van der Waals surface area (Å²) in [7, 11) is -0.712. The van der Waals surface area contributed by atoms with Crippen molar-refractivity contribution in [1.82, 2.24) is 0 Å². The monoisotopic (exact) mass is 182 g/mol. The van der Waals surface area contributed by atoms with Crippen molar-refractivity contribution in [2.24, 2.45) is 5.92 Å². The Morgan fingerprint density at radius 3 is 2.10 bits per heavy atom. The van der Waals surface area contributed by atoms with E-state index in [4.69, 9.17) is 11.6 Å². The second-order valence-corrected chi connectivity index (χ2v) is 5.24. The van der Waals surface area contributed by atoms with E-state index in [9.17, 15) is 4.21 Å². The molecule has 0 N–H and O–H groups in total. The van der Waals surface area contributed by atoms with E-state index in [1.54, 1.807) is 0 Å². The zero-order valence-corrected chi connectivity index (χ0v) is 8.34. The molecule has 0 aromatic carbocycles. The molecule has 0 aliphatic carbocycles. The van der Waals surface area contributed by atoms with Gasteiger partial charge in [-0.3, -0.25) is 4.21 Å². The maximum Gasteiger partial charge on any atom is 0.0423 e. The molecule has 1 nitrogen and oxygen atoms in total. The molecule has 10 heavy (non-hydrogen) atoms. The van der Waals surface area contributed by atoms with Gasteiger partial charge in [0.1, 0.15) is 0 Å². The zero-order valence-electron chi connectivity index (χ0n) is 6.76. The van der Waals surface area contributed by atoms with Crippen LogP contribution in [0.5, 0.6) is 0 Å². The van der Waals surface area contributed by atoms with E-state index in [0.717, 1.165) is 5.75 Å². The molecule has 0 aromatic heterocycles. The highest BCUT2D eigenvalue weighted by Gasteiger charge is 2.05. The lowest BCUT2D eigenvalue weighted by atomic mass is 10.3. The van der Waals surface area contributed by atoms with Gasteiger partial charge in [0.25, 0.3) is 0 Å². The lowest BCUT2D eigenvalue weighted by molar-refractivity contribution is 0.664. The molecule has 0 bridgehead atoms. The summed E-state index contributed by atoms with van der Waals surface area (Å²) < 4.78 is 11.1. The van der Waals surface area contributed by atoms with Gasteiger partial charge in [-0.1, -0.05) is 13.8 Å². The molecule has 0 spiro atoms. The largest absolute Gasteiger partial charge is 0.260 e. The van der Waals surface area contributed by atoms with Gasteiger partial charge in [-0.25, -0.2) is 0 Å². The minimum absolute atomic E-state index is 0.0413. The number of alkyl halides is 1. The summed E-state index contributed by atoms with van der Waals surface area (Å²) in [6.45, 7) is 6.01. The molecule has 0 radical (unpaired) electrons. The number of hydrogen-bond donors (Lipinski definition) is 0. The summed E-state index contributed by atoms with van der Waals surface area (Å²) in [5.41, 5.74) is 0. The minimum Gasteiger partial charge on any atom is -0.260 e. The van der Waals surface area contributed by atoms with Crippen LogP contribution in [-0.2, 0) is 10.8 Å². The van der Waals surface area contributed by atoms with Crippen LogP contribution in [0.1, 0.15) is 20.8 Å². The first-order valence-corrected chi connectivity index (χ1v) is 5.44. The van der Waals surface area contributed by atoms with E-state index in [1.807, 2.05) is 6.92 Å². The van der Waals surface area contributed by atoms with Crippen LogP contribution in [0.2, 0.25) is 0 Å². The summed E-state index contributed by atoms with van der Waals surface area (Å²) >= 11 is 5.66. The predicted octanol–water partition coefficient (Wildman–Crippen LogP) is 2.02. The summed E-state index contributed by atoms with van der Waals surface area (Å²) in [4.78, 5) is 0. The summed E-state index contributed by atoms with van der Waals surface area (Å²) in [5, 5.41) is 0.0413. The van der Waals surface area contributed by atoms with Gasteiger partial charge in [0.2, 0.25) is 0 Å². The summed E-state index contributed by atoms with van der Waals surface area (Å²) in [6.07, 6.45) is 0. The van der Waals surface area contributed by atoms with Crippen LogP contribution < -0.4 is 0 Å². The third-order valence-electron chi connectivity index (χ3n) is 0.935. The number of hydrogen-bond acceptors (Lipinski definition) is 1. The van der Waals surface area contributed by atoms with Crippen molar-refractivity contribution in [2.45, 2.75) is 26.1 Å². The Balaban J connectivity index is 3.44. The molecule has 0 rings (SSSR count). The fourth-order valence-electron chi connectivity index (χ4n) is 0.696. The van der Waals surface area contributed by atoms with Crippen LogP contribution in [0.4, 0.5) is 0 Å². The third-order valence-corrected chi connectivity index (χ3v) is 3.18. The molecule has 0 aliphatic rings. The maximum absolute atomic E-state index is 11.1. The standard InChI is InChI=1S/C7H15ClOS/c1-6(2)4-10(9)5-7(3)8/h6-7H,4-5H2,1-3H3. The van der Waals surface area contributed by atoms with Crippen LogP contribution in [-0.4, -0.2) is 21.1 Å². The van der Waals surface area contributed by atoms with E-state index in [0.29, 0.717) is 11.7 Å². The minimum atomic E-state index is -0.712. The fraction of sp³-hybridized carbons (Fsp3) is 1.00. The molecule has 0 saturated carbocycles. The second kappa shape index (κ2) is 5.14. The second-order valence-electron chi connectivity index (χ2n) is 2.95. The molecule has 0 heterocycles. The van der Waals surface area contributed by atoms with E-state index in [1.165, 1.54) is 0 Å². The smallest absolute Gasteiger partial charge is 0.0423 e. The van der Waals surface area contributed by atoms with Crippen molar-refractivity contribution >= 4 is 22.4 Å². The molecule has 2 atom stereocenters. The van der Waals surface area contributed by atoms with Crippen LogP contribution in [0.3, 0.4) is 0 Å². The van der Waals surface area contributed by atoms with Gasteiger partial charge in [0.15, 0.2) is 0 Å². The Morgan fingerprint density at radius 1 is 1.30 bits per heavy atom. The number of halogens is 1. The summed E-state index contributed by atoms with van der Waals surface area (Å²) in [5.74, 6) is 1.91. The Hall–Kier alpha value is 0.440. The lowest BCUT2D eigenvalue weighted by Crippen LogP contribution is -2.13. The normalized spacial score (nSPS) is 17.3. The lowest BCUT2D eigenvalue weighted by Gasteiger charge is -2.05. The quantitative estimate of drug-likeness (QED) is 0.609. The molecule has 0 aromatic rings. The van der Waals surface area contributed by atoms with Gasteiger partial charge in [0, 0.05) is 27.7 Å². The highest BCUT2D eigenvalue weighted by Crippen LogP contribution is 2.01. The first-order chi connectivity index (χ1) is 4.52. The van der Waals surface area contributed by atoms with Crippen LogP contribution in [0.15, 0.2) is 0 Å². The zero-order chi connectivity index (χ0) is 8.15. The van der Waals surface area contributed by atoms with Crippen molar-refractivity contribution in [1.29, 1.82) is 0 Å². The molecular weight excluding hydrogens is 168 g/mol. The molecule has 2 unspecified atom stereocenters. The SMILES string of the molecule is CC(C)CS(=O)CC(C)Cl. The first-order valence-electron chi connectivity index (χ1n) is 3.51. The fourth-order valence-corrected chi connectivity index (χ4v) is 2.51. The Kier molecular flexibility index (Phi) is 5.36. The van der Waals surface area contributed by atoms with Crippen molar-refractivity contribution in [2.75, 3.05) is 11.5 Å². The topological polar surface area (TPSA) is 17.1 Å². The molecule has 0 aliphatic heterocycles. The van der Waals surface area contributed by atoms with Gasteiger partial charge < -0.3 is 0 Å². The first kappa shape index (κ1) is 10.4. The average molecular weight is 183 g/mol. The third kappa shape index (κ3) is 6.56. The van der Waals surface area contributed by atoms with Crippen LogP contribution in [0.25, 0.3) is 0 Å². The van der Waals surface area contributed by atoms with Gasteiger partial charge in [-0.15, -0.1) is 11.6 Å². The number of rotatable bonds is 4. The van der Waals surface area contributed by atoms with Gasteiger partial charge in [-0.05, 0) is 12.8 Å².